The molecule has 0 bridgehead atoms. The molecule has 0 N–H and O–H groups in total. The van der Waals surface area contributed by atoms with E-state index in [0.717, 1.165) is 44.9 Å². The van der Waals surface area contributed by atoms with E-state index in [4.69, 9.17) is 18.9 Å². The van der Waals surface area contributed by atoms with E-state index in [9.17, 15) is 4.79 Å². The molecule has 0 spiro atoms. The lowest BCUT2D eigenvalue weighted by Gasteiger charge is -2.20. The minimum atomic E-state index is -0.0955. The van der Waals surface area contributed by atoms with Gasteiger partial charge >= 0.3 is 5.97 Å². The van der Waals surface area contributed by atoms with Crippen molar-refractivity contribution >= 4 is 5.97 Å². The Labute approximate surface area is 189 Å². The van der Waals surface area contributed by atoms with Crippen molar-refractivity contribution < 1.29 is 23.7 Å². The fraction of sp³-hybridized carbons (Fsp3) is 0.731. The molecule has 1 unspecified atom stereocenters. The van der Waals surface area contributed by atoms with Gasteiger partial charge in [0, 0.05) is 6.61 Å². The molecule has 0 aromatic heterocycles. The summed E-state index contributed by atoms with van der Waals surface area (Å²) < 4.78 is 21.4. The Morgan fingerprint density at radius 1 is 0.968 bits per heavy atom. The number of carbonyl (C=O) groups excluding carboxylic acids is 1. The van der Waals surface area contributed by atoms with Gasteiger partial charge in [-0.3, -0.25) is 4.79 Å². The zero-order chi connectivity index (χ0) is 22.7. The maximum absolute atomic E-state index is 12.2. The predicted octanol–water partition coefficient (Wildman–Crippen LogP) is 5.80. The molecule has 0 saturated heterocycles. The van der Waals surface area contributed by atoms with Gasteiger partial charge in [-0.05, 0) is 72.6 Å². The first-order chi connectivity index (χ1) is 15.0. The van der Waals surface area contributed by atoms with Gasteiger partial charge in [-0.1, -0.05) is 34.9 Å². The highest BCUT2D eigenvalue weighted by molar-refractivity contribution is 5.72. The van der Waals surface area contributed by atoms with Crippen molar-refractivity contribution in [2.75, 3.05) is 46.2 Å². The van der Waals surface area contributed by atoms with Crippen LogP contribution in [0, 0.1) is 5.92 Å². The van der Waals surface area contributed by atoms with Gasteiger partial charge in [0.2, 0.25) is 0 Å². The molecule has 0 aromatic rings. The molecule has 1 aliphatic rings. The molecule has 0 aliphatic heterocycles. The first kappa shape index (κ1) is 27.6. The Bertz CT molecular complexity index is 572. The van der Waals surface area contributed by atoms with E-state index in [0.29, 0.717) is 46.2 Å². The summed E-state index contributed by atoms with van der Waals surface area (Å²) in [6.45, 7) is 12.1. The molecular weight excluding hydrogens is 392 g/mol. The lowest BCUT2D eigenvalue weighted by molar-refractivity contribution is -0.150. The third-order valence-electron chi connectivity index (χ3n) is 5.31. The van der Waals surface area contributed by atoms with Crippen LogP contribution in [0.3, 0.4) is 0 Å². The number of rotatable bonds is 17. The van der Waals surface area contributed by atoms with Gasteiger partial charge in [-0.2, -0.15) is 0 Å². The Balaban J connectivity index is 2.08. The normalized spacial score (nSPS) is 16.7. The minimum Gasteiger partial charge on any atom is -0.463 e. The maximum Gasteiger partial charge on any atom is 0.309 e. The molecule has 0 radical (unpaired) electrons. The van der Waals surface area contributed by atoms with Crippen LogP contribution in [-0.4, -0.2) is 52.2 Å². The number of hydrogen-bond donors (Lipinski definition) is 0. The smallest absolute Gasteiger partial charge is 0.309 e. The van der Waals surface area contributed by atoms with E-state index < -0.39 is 0 Å². The third-order valence-corrected chi connectivity index (χ3v) is 5.31. The molecule has 0 amide bonds. The van der Waals surface area contributed by atoms with Crippen molar-refractivity contribution in [3.05, 3.63) is 34.9 Å². The average Bonchev–Trinajstić information content (AvgIpc) is 2.75. The number of carbonyl (C=O) groups is 1. The SMILES string of the molecule is CCOCCOCCOCCOC(=O)C1CC=C(CC/C=C(\C)CCC=C(C)C)CC1. The summed E-state index contributed by atoms with van der Waals surface area (Å²) in [4.78, 5) is 12.2. The average molecular weight is 437 g/mol. The first-order valence-corrected chi connectivity index (χ1v) is 11.9. The van der Waals surface area contributed by atoms with Crippen LogP contribution in [0.2, 0.25) is 0 Å². The highest BCUT2D eigenvalue weighted by atomic mass is 16.6. The first-order valence-electron chi connectivity index (χ1n) is 11.9. The lowest BCUT2D eigenvalue weighted by Crippen LogP contribution is -2.22. The van der Waals surface area contributed by atoms with E-state index in [2.05, 4.69) is 39.0 Å². The van der Waals surface area contributed by atoms with Crippen LogP contribution >= 0.6 is 0 Å². The molecule has 0 saturated carbocycles. The van der Waals surface area contributed by atoms with Gasteiger partial charge in [0.15, 0.2) is 0 Å². The molecule has 1 aliphatic carbocycles. The van der Waals surface area contributed by atoms with Crippen molar-refractivity contribution in [1.29, 1.82) is 0 Å². The van der Waals surface area contributed by atoms with Crippen molar-refractivity contribution in [3.8, 4) is 0 Å². The van der Waals surface area contributed by atoms with Crippen LogP contribution in [0.25, 0.3) is 0 Å². The van der Waals surface area contributed by atoms with E-state index in [1.807, 2.05) is 6.92 Å². The monoisotopic (exact) mass is 436 g/mol. The van der Waals surface area contributed by atoms with Crippen molar-refractivity contribution in [1.82, 2.24) is 0 Å². The van der Waals surface area contributed by atoms with Gasteiger partial charge in [0.25, 0.3) is 0 Å². The van der Waals surface area contributed by atoms with Gasteiger partial charge in [-0.15, -0.1) is 0 Å². The second kappa shape index (κ2) is 18.2. The van der Waals surface area contributed by atoms with Gasteiger partial charge in [-0.25, -0.2) is 0 Å². The Hall–Kier alpha value is -1.43. The summed E-state index contributed by atoms with van der Waals surface area (Å²) >= 11 is 0. The molecular formula is C26H44O5. The summed E-state index contributed by atoms with van der Waals surface area (Å²) in [5.41, 5.74) is 4.33. The summed E-state index contributed by atoms with van der Waals surface area (Å²) in [5.74, 6) is -0.103. The van der Waals surface area contributed by atoms with E-state index >= 15 is 0 Å². The second-order valence-corrected chi connectivity index (χ2v) is 8.33. The summed E-state index contributed by atoms with van der Waals surface area (Å²) in [7, 11) is 0. The molecule has 0 aromatic carbocycles. The van der Waals surface area contributed by atoms with Crippen LogP contribution in [0.15, 0.2) is 34.9 Å². The van der Waals surface area contributed by atoms with Crippen LogP contribution < -0.4 is 0 Å². The predicted molar refractivity (Wildman–Crippen MR) is 126 cm³/mol. The topological polar surface area (TPSA) is 54.0 Å². The zero-order valence-corrected chi connectivity index (χ0v) is 20.3. The highest BCUT2D eigenvalue weighted by Crippen LogP contribution is 2.27. The standard InChI is InChI=1S/C26H44O5/c1-5-28-16-17-29-18-19-30-20-21-31-26(27)25-14-12-24(13-15-25)11-7-10-23(4)9-6-8-22(2)3/h8,10,12,25H,5-7,9,11,13-21H2,1-4H3/b23-10+. The van der Waals surface area contributed by atoms with E-state index in [1.54, 1.807) is 0 Å². The number of esters is 1. The fourth-order valence-electron chi connectivity index (χ4n) is 3.43. The Morgan fingerprint density at radius 3 is 2.26 bits per heavy atom. The molecule has 1 atom stereocenters. The number of ether oxygens (including phenoxy) is 4. The molecule has 1 rings (SSSR count). The number of allylic oxidation sites excluding steroid dienone is 6. The molecule has 0 heterocycles. The largest absolute Gasteiger partial charge is 0.463 e. The van der Waals surface area contributed by atoms with Crippen molar-refractivity contribution in [3.63, 3.8) is 0 Å². The van der Waals surface area contributed by atoms with E-state index in [-0.39, 0.29) is 11.9 Å². The number of hydrogen-bond acceptors (Lipinski definition) is 5. The van der Waals surface area contributed by atoms with Crippen LogP contribution in [0.1, 0.15) is 72.6 Å². The lowest BCUT2D eigenvalue weighted by atomic mass is 9.87. The fourth-order valence-corrected chi connectivity index (χ4v) is 3.43. The summed E-state index contributed by atoms with van der Waals surface area (Å²) in [6, 6.07) is 0. The third kappa shape index (κ3) is 15.1. The summed E-state index contributed by atoms with van der Waals surface area (Å²) in [5, 5.41) is 0. The second-order valence-electron chi connectivity index (χ2n) is 8.33. The van der Waals surface area contributed by atoms with Crippen molar-refractivity contribution in [2.24, 2.45) is 5.92 Å². The Morgan fingerprint density at radius 2 is 1.65 bits per heavy atom. The summed E-state index contributed by atoms with van der Waals surface area (Å²) in [6.07, 6.45) is 14.1. The van der Waals surface area contributed by atoms with Gasteiger partial charge in [0.05, 0.1) is 39.0 Å². The van der Waals surface area contributed by atoms with Crippen LogP contribution in [0.4, 0.5) is 0 Å². The quantitative estimate of drug-likeness (QED) is 0.164. The molecule has 178 valence electrons. The van der Waals surface area contributed by atoms with Gasteiger partial charge in [0.1, 0.15) is 6.61 Å². The molecule has 5 heteroatoms. The highest BCUT2D eigenvalue weighted by Gasteiger charge is 2.22. The van der Waals surface area contributed by atoms with Crippen molar-refractivity contribution in [2.45, 2.75) is 72.6 Å². The van der Waals surface area contributed by atoms with Gasteiger partial charge < -0.3 is 18.9 Å². The van der Waals surface area contributed by atoms with Crippen LogP contribution in [-0.2, 0) is 23.7 Å². The molecule has 0 fully saturated rings. The zero-order valence-electron chi connectivity index (χ0n) is 20.3. The minimum absolute atomic E-state index is 0.00741. The van der Waals surface area contributed by atoms with Crippen LogP contribution in [0.5, 0.6) is 0 Å². The Kier molecular flexibility index (Phi) is 16.2. The molecule has 31 heavy (non-hydrogen) atoms. The molecule has 5 nitrogen and oxygen atoms in total. The van der Waals surface area contributed by atoms with E-state index in [1.165, 1.54) is 16.7 Å². The maximum atomic E-state index is 12.2.